The fourth-order valence-corrected chi connectivity index (χ4v) is 2.49. The Hall–Kier alpha value is -0.940. The van der Waals surface area contributed by atoms with Crippen molar-refractivity contribution in [2.24, 2.45) is 12.8 Å². The van der Waals surface area contributed by atoms with Gasteiger partial charge in [-0.25, -0.2) is 0 Å². The number of nitrogens with zero attached hydrogens (tertiary/aromatic N) is 3. The summed E-state index contributed by atoms with van der Waals surface area (Å²) in [5.74, 6) is 0.985. The van der Waals surface area contributed by atoms with Gasteiger partial charge in [0, 0.05) is 19.1 Å². The monoisotopic (exact) mass is 223 g/mol. The Balaban J connectivity index is 1.92. The van der Waals surface area contributed by atoms with Crippen LogP contribution in [0.3, 0.4) is 0 Å². The van der Waals surface area contributed by atoms with E-state index in [0.29, 0.717) is 12.1 Å². The summed E-state index contributed by atoms with van der Waals surface area (Å²) in [6.45, 7) is 2.13. The second-order valence-electron chi connectivity index (χ2n) is 4.81. The highest BCUT2D eigenvalue weighted by atomic mass is 15.3. The summed E-state index contributed by atoms with van der Waals surface area (Å²) in [5.41, 5.74) is 5.98. The van der Waals surface area contributed by atoms with Gasteiger partial charge in [-0.1, -0.05) is 6.42 Å². The molecule has 16 heavy (non-hydrogen) atoms. The van der Waals surface area contributed by atoms with Gasteiger partial charge in [0.2, 0.25) is 0 Å². The number of nitrogens with two attached hydrogens (primary N) is 1. The molecule has 0 bridgehead atoms. The quantitative estimate of drug-likeness (QED) is 0.793. The molecule has 5 nitrogen and oxygen atoms in total. The molecule has 0 amide bonds. The standard InChI is InChI=1S/C11H21N5/c1-8(11-15-13-7-16(11)2)14-10-5-3-4-9(12)6-10/h7-10,14H,3-6,12H2,1-2H3. The predicted molar refractivity (Wildman–Crippen MR) is 62.8 cm³/mol. The number of hydrogen-bond donors (Lipinski definition) is 2. The van der Waals surface area contributed by atoms with E-state index in [1.807, 2.05) is 11.6 Å². The molecule has 1 aliphatic carbocycles. The smallest absolute Gasteiger partial charge is 0.149 e. The zero-order valence-electron chi connectivity index (χ0n) is 10.1. The minimum Gasteiger partial charge on any atom is -0.328 e. The summed E-state index contributed by atoms with van der Waals surface area (Å²) in [4.78, 5) is 0. The lowest BCUT2D eigenvalue weighted by molar-refractivity contribution is 0.313. The van der Waals surface area contributed by atoms with Gasteiger partial charge in [0.1, 0.15) is 12.2 Å². The Bertz CT molecular complexity index is 335. The van der Waals surface area contributed by atoms with Crippen molar-refractivity contribution in [2.75, 3.05) is 0 Å². The lowest BCUT2D eigenvalue weighted by Crippen LogP contribution is -2.40. The molecular formula is C11H21N5. The lowest BCUT2D eigenvalue weighted by Gasteiger charge is -2.29. The summed E-state index contributed by atoms with van der Waals surface area (Å²) >= 11 is 0. The van der Waals surface area contributed by atoms with Crippen molar-refractivity contribution in [1.82, 2.24) is 20.1 Å². The van der Waals surface area contributed by atoms with Crippen molar-refractivity contribution >= 4 is 0 Å². The topological polar surface area (TPSA) is 68.8 Å². The molecule has 1 heterocycles. The molecule has 90 valence electrons. The maximum atomic E-state index is 5.98. The summed E-state index contributed by atoms with van der Waals surface area (Å²) in [5, 5.41) is 11.6. The molecule has 0 spiro atoms. The van der Waals surface area contributed by atoms with E-state index in [0.717, 1.165) is 18.7 Å². The number of aromatic nitrogens is 3. The van der Waals surface area contributed by atoms with Crippen LogP contribution in [-0.2, 0) is 7.05 Å². The largest absolute Gasteiger partial charge is 0.328 e. The zero-order chi connectivity index (χ0) is 11.5. The third-order valence-electron chi connectivity index (χ3n) is 3.33. The number of rotatable bonds is 3. The van der Waals surface area contributed by atoms with Crippen LogP contribution >= 0.6 is 0 Å². The molecule has 1 saturated carbocycles. The first-order valence-electron chi connectivity index (χ1n) is 6.02. The first-order chi connectivity index (χ1) is 7.66. The molecule has 0 aliphatic heterocycles. The van der Waals surface area contributed by atoms with E-state index in [9.17, 15) is 0 Å². The molecule has 0 aromatic carbocycles. The molecule has 0 saturated heterocycles. The van der Waals surface area contributed by atoms with E-state index < -0.39 is 0 Å². The van der Waals surface area contributed by atoms with Crippen molar-refractivity contribution in [3.8, 4) is 0 Å². The van der Waals surface area contributed by atoms with Gasteiger partial charge in [0.05, 0.1) is 6.04 Å². The summed E-state index contributed by atoms with van der Waals surface area (Å²) in [6.07, 6.45) is 6.42. The summed E-state index contributed by atoms with van der Waals surface area (Å²) in [7, 11) is 1.97. The normalized spacial score (nSPS) is 27.9. The van der Waals surface area contributed by atoms with E-state index in [2.05, 4.69) is 22.4 Å². The lowest BCUT2D eigenvalue weighted by atomic mass is 9.91. The molecule has 1 fully saturated rings. The van der Waals surface area contributed by atoms with Gasteiger partial charge in [-0.2, -0.15) is 0 Å². The zero-order valence-corrected chi connectivity index (χ0v) is 10.1. The van der Waals surface area contributed by atoms with E-state index in [-0.39, 0.29) is 6.04 Å². The van der Waals surface area contributed by atoms with Crippen LogP contribution in [0.4, 0.5) is 0 Å². The number of nitrogens with one attached hydrogen (secondary N) is 1. The fraction of sp³-hybridized carbons (Fsp3) is 0.818. The van der Waals surface area contributed by atoms with Crippen molar-refractivity contribution in [3.05, 3.63) is 12.2 Å². The Kier molecular flexibility index (Phi) is 3.56. The van der Waals surface area contributed by atoms with Crippen LogP contribution in [0, 0.1) is 0 Å². The Morgan fingerprint density at radius 2 is 2.38 bits per heavy atom. The maximum Gasteiger partial charge on any atom is 0.149 e. The second kappa shape index (κ2) is 4.93. The Morgan fingerprint density at radius 1 is 1.56 bits per heavy atom. The highest BCUT2D eigenvalue weighted by Crippen LogP contribution is 2.20. The van der Waals surface area contributed by atoms with Gasteiger partial charge in [0.15, 0.2) is 0 Å². The summed E-state index contributed by atoms with van der Waals surface area (Å²) < 4.78 is 1.96. The van der Waals surface area contributed by atoms with Crippen LogP contribution in [0.25, 0.3) is 0 Å². The van der Waals surface area contributed by atoms with Crippen LogP contribution in [0.15, 0.2) is 6.33 Å². The van der Waals surface area contributed by atoms with E-state index in [1.165, 1.54) is 12.8 Å². The van der Waals surface area contributed by atoms with Gasteiger partial charge in [-0.3, -0.25) is 0 Å². The molecule has 3 N–H and O–H groups in total. The van der Waals surface area contributed by atoms with Crippen LogP contribution in [0.5, 0.6) is 0 Å². The number of hydrogen-bond acceptors (Lipinski definition) is 4. The highest BCUT2D eigenvalue weighted by molar-refractivity contribution is 4.94. The first-order valence-corrected chi connectivity index (χ1v) is 6.02. The molecular weight excluding hydrogens is 202 g/mol. The molecule has 1 aromatic rings. The van der Waals surface area contributed by atoms with Gasteiger partial charge in [0.25, 0.3) is 0 Å². The molecule has 1 aliphatic rings. The van der Waals surface area contributed by atoms with Crippen LogP contribution in [0.2, 0.25) is 0 Å². The maximum absolute atomic E-state index is 5.98. The fourth-order valence-electron chi connectivity index (χ4n) is 2.49. The van der Waals surface area contributed by atoms with Crippen LogP contribution < -0.4 is 11.1 Å². The Morgan fingerprint density at radius 3 is 3.00 bits per heavy atom. The van der Waals surface area contributed by atoms with Crippen LogP contribution in [-0.4, -0.2) is 26.8 Å². The molecule has 1 aromatic heterocycles. The van der Waals surface area contributed by atoms with Crippen molar-refractivity contribution in [3.63, 3.8) is 0 Å². The second-order valence-corrected chi connectivity index (χ2v) is 4.81. The van der Waals surface area contributed by atoms with Crippen LogP contribution in [0.1, 0.15) is 44.5 Å². The minimum atomic E-state index is 0.239. The third-order valence-corrected chi connectivity index (χ3v) is 3.33. The van der Waals surface area contributed by atoms with Gasteiger partial charge < -0.3 is 15.6 Å². The van der Waals surface area contributed by atoms with Gasteiger partial charge in [-0.05, 0) is 26.2 Å². The SMILES string of the molecule is CC(NC1CCCC(N)C1)c1nncn1C. The summed E-state index contributed by atoms with van der Waals surface area (Å²) in [6, 6.07) is 1.12. The average Bonchev–Trinajstić information content (AvgIpc) is 2.64. The average molecular weight is 223 g/mol. The highest BCUT2D eigenvalue weighted by Gasteiger charge is 2.22. The van der Waals surface area contributed by atoms with Gasteiger partial charge >= 0.3 is 0 Å². The minimum absolute atomic E-state index is 0.239. The molecule has 3 atom stereocenters. The molecule has 3 unspecified atom stereocenters. The molecule has 0 radical (unpaired) electrons. The molecule has 5 heteroatoms. The van der Waals surface area contributed by atoms with E-state index in [4.69, 9.17) is 5.73 Å². The Labute approximate surface area is 96.4 Å². The van der Waals surface area contributed by atoms with Crippen molar-refractivity contribution in [1.29, 1.82) is 0 Å². The predicted octanol–water partition coefficient (Wildman–Crippen LogP) is 0.736. The first kappa shape index (κ1) is 11.5. The van der Waals surface area contributed by atoms with Crippen molar-refractivity contribution in [2.45, 2.75) is 50.7 Å². The van der Waals surface area contributed by atoms with Crippen molar-refractivity contribution < 1.29 is 0 Å². The molecule has 2 rings (SSSR count). The third kappa shape index (κ3) is 2.59. The van der Waals surface area contributed by atoms with E-state index in [1.54, 1.807) is 6.33 Å². The van der Waals surface area contributed by atoms with Gasteiger partial charge in [-0.15, -0.1) is 10.2 Å². The van der Waals surface area contributed by atoms with E-state index >= 15 is 0 Å². The number of aryl methyl sites for hydroxylation is 1.